The summed E-state index contributed by atoms with van der Waals surface area (Å²) in [7, 11) is 1.82. The average Bonchev–Trinajstić information content (AvgIpc) is 2.92. The first kappa shape index (κ1) is 14.7. The Morgan fingerprint density at radius 1 is 1.40 bits per heavy atom. The monoisotopic (exact) mass is 289 g/mol. The van der Waals surface area contributed by atoms with Crippen LogP contribution in [0.3, 0.4) is 0 Å². The zero-order chi connectivity index (χ0) is 14.5. The lowest BCUT2D eigenvalue weighted by Crippen LogP contribution is -2.27. The van der Waals surface area contributed by atoms with Crippen molar-refractivity contribution in [2.45, 2.75) is 25.3 Å². The molecule has 0 radical (unpaired) electrons. The smallest absolute Gasteiger partial charge is 0.232 e. The second-order valence-corrected chi connectivity index (χ2v) is 5.93. The van der Waals surface area contributed by atoms with Gasteiger partial charge in [0.1, 0.15) is 0 Å². The maximum Gasteiger partial charge on any atom is 0.232 e. The van der Waals surface area contributed by atoms with Crippen LogP contribution in [0.4, 0.5) is 0 Å². The van der Waals surface area contributed by atoms with E-state index in [4.69, 9.17) is 0 Å². The Morgan fingerprint density at radius 2 is 2.20 bits per heavy atom. The van der Waals surface area contributed by atoms with Gasteiger partial charge in [-0.1, -0.05) is 17.7 Å². The molecule has 0 aliphatic heterocycles. The molecular weight excluding hydrogens is 270 g/mol. The van der Waals surface area contributed by atoms with Gasteiger partial charge in [0.05, 0.1) is 11.9 Å². The zero-order valence-electron chi connectivity index (χ0n) is 12.0. The third-order valence-corrected chi connectivity index (χ3v) is 4.24. The zero-order valence-corrected chi connectivity index (χ0v) is 12.8. The number of rotatable bonds is 5. The quantitative estimate of drug-likeness (QED) is 0.861. The number of nitrogens with one attached hydrogen (secondary N) is 1. The molecule has 0 bridgehead atoms. The minimum absolute atomic E-state index is 0.122. The maximum atomic E-state index is 12.1. The fraction of sp³-hybridized carbons (Fsp3) is 0.333. The maximum absolute atomic E-state index is 12.1. The fourth-order valence-corrected chi connectivity index (χ4v) is 2.90. The van der Waals surface area contributed by atoms with E-state index in [1.54, 1.807) is 22.9 Å². The minimum atomic E-state index is 0.122. The third-order valence-electron chi connectivity index (χ3n) is 3.10. The molecule has 0 atom stereocenters. The molecule has 20 heavy (non-hydrogen) atoms. The van der Waals surface area contributed by atoms with Gasteiger partial charge in [0.25, 0.3) is 0 Å². The number of aromatic nitrogens is 2. The van der Waals surface area contributed by atoms with Crippen LogP contribution in [-0.4, -0.2) is 33.8 Å². The molecule has 5 heteroatoms. The Hall–Kier alpha value is -1.75. The van der Waals surface area contributed by atoms with Crippen LogP contribution in [-0.2, 0) is 11.3 Å². The van der Waals surface area contributed by atoms with Gasteiger partial charge >= 0.3 is 0 Å². The molecule has 1 heterocycles. The third kappa shape index (κ3) is 3.87. The summed E-state index contributed by atoms with van der Waals surface area (Å²) in [5, 5.41) is 6.63. The summed E-state index contributed by atoms with van der Waals surface area (Å²) in [5.41, 5.74) is 3.45. The van der Waals surface area contributed by atoms with Gasteiger partial charge in [-0.2, -0.15) is 5.10 Å². The molecule has 0 unspecified atom stereocenters. The van der Waals surface area contributed by atoms with Crippen molar-refractivity contribution in [3.05, 3.63) is 47.3 Å². The van der Waals surface area contributed by atoms with Crippen LogP contribution in [0.2, 0.25) is 0 Å². The van der Waals surface area contributed by atoms with E-state index in [1.165, 1.54) is 16.0 Å². The molecule has 1 amide bonds. The number of hydrogen-bond donors (Lipinski definition) is 1. The van der Waals surface area contributed by atoms with Crippen LogP contribution >= 0.6 is 11.8 Å². The second-order valence-electron chi connectivity index (χ2n) is 4.91. The highest BCUT2D eigenvalue weighted by Crippen LogP contribution is 2.23. The van der Waals surface area contributed by atoms with Crippen molar-refractivity contribution in [1.82, 2.24) is 15.1 Å². The van der Waals surface area contributed by atoms with Crippen molar-refractivity contribution in [2.75, 3.05) is 12.8 Å². The first-order valence-corrected chi connectivity index (χ1v) is 7.46. The van der Waals surface area contributed by atoms with Gasteiger partial charge in [0.15, 0.2) is 0 Å². The number of thioether (sulfide) groups is 1. The van der Waals surface area contributed by atoms with Crippen LogP contribution < -0.4 is 0 Å². The van der Waals surface area contributed by atoms with E-state index in [0.29, 0.717) is 12.3 Å². The number of nitrogens with zero attached hydrogens (tertiary/aromatic N) is 2. The lowest BCUT2D eigenvalue weighted by Gasteiger charge is -2.16. The van der Waals surface area contributed by atoms with Gasteiger partial charge in [-0.3, -0.25) is 9.89 Å². The summed E-state index contributed by atoms with van der Waals surface area (Å²) in [5.74, 6) is 0.579. The van der Waals surface area contributed by atoms with E-state index in [1.807, 2.05) is 13.2 Å². The van der Waals surface area contributed by atoms with Gasteiger partial charge in [0.2, 0.25) is 5.91 Å². The Labute approximate surface area is 123 Å². The van der Waals surface area contributed by atoms with Crippen LogP contribution in [0.15, 0.2) is 35.5 Å². The van der Waals surface area contributed by atoms with Crippen molar-refractivity contribution >= 4 is 17.7 Å². The van der Waals surface area contributed by atoms with Gasteiger partial charge in [-0.05, 0) is 25.5 Å². The van der Waals surface area contributed by atoms with E-state index >= 15 is 0 Å². The molecule has 0 saturated carbocycles. The molecule has 1 aromatic carbocycles. The minimum Gasteiger partial charge on any atom is -0.341 e. The van der Waals surface area contributed by atoms with Gasteiger partial charge in [0, 0.05) is 30.2 Å². The van der Waals surface area contributed by atoms with Crippen molar-refractivity contribution in [3.8, 4) is 0 Å². The highest BCUT2D eigenvalue weighted by Gasteiger charge is 2.11. The van der Waals surface area contributed by atoms with Crippen LogP contribution in [0.1, 0.15) is 16.7 Å². The lowest BCUT2D eigenvalue weighted by molar-refractivity contribution is -0.127. The Balaban J connectivity index is 1.89. The molecule has 0 aliphatic rings. The normalized spacial score (nSPS) is 10.6. The summed E-state index contributed by atoms with van der Waals surface area (Å²) >= 11 is 1.60. The molecule has 1 N–H and O–H groups in total. The molecule has 2 rings (SSSR count). The van der Waals surface area contributed by atoms with Crippen LogP contribution in [0.25, 0.3) is 0 Å². The standard InChI is InChI=1S/C15H19N3OS/c1-11-4-5-12(2)14(6-11)20-10-15(19)18(3)9-13-7-16-17-8-13/h4-8H,9-10H2,1-3H3,(H,16,17). The number of hydrogen-bond acceptors (Lipinski definition) is 3. The largest absolute Gasteiger partial charge is 0.341 e. The molecule has 2 aromatic rings. The molecule has 0 saturated heterocycles. The number of H-pyrrole nitrogens is 1. The van der Waals surface area contributed by atoms with E-state index < -0.39 is 0 Å². The number of carbonyl (C=O) groups excluding carboxylic acids is 1. The predicted octanol–water partition coefficient (Wildman–Crippen LogP) is 2.78. The summed E-state index contributed by atoms with van der Waals surface area (Å²) < 4.78 is 0. The predicted molar refractivity (Wildman–Crippen MR) is 81.7 cm³/mol. The van der Waals surface area contributed by atoms with Gasteiger partial charge in [-0.25, -0.2) is 0 Å². The number of aryl methyl sites for hydroxylation is 2. The van der Waals surface area contributed by atoms with Crippen molar-refractivity contribution in [3.63, 3.8) is 0 Å². The first-order chi connectivity index (χ1) is 9.56. The van der Waals surface area contributed by atoms with E-state index in [-0.39, 0.29) is 5.91 Å². The molecule has 4 nitrogen and oxygen atoms in total. The average molecular weight is 289 g/mol. The highest BCUT2D eigenvalue weighted by molar-refractivity contribution is 8.00. The molecule has 0 fully saturated rings. The highest BCUT2D eigenvalue weighted by atomic mass is 32.2. The summed E-state index contributed by atoms with van der Waals surface area (Å²) in [4.78, 5) is 15.0. The van der Waals surface area contributed by atoms with E-state index in [2.05, 4.69) is 42.2 Å². The van der Waals surface area contributed by atoms with Crippen molar-refractivity contribution < 1.29 is 4.79 Å². The molecule has 106 valence electrons. The Bertz CT molecular complexity index is 581. The molecule has 1 aromatic heterocycles. The Kier molecular flexibility index (Phi) is 4.84. The SMILES string of the molecule is Cc1ccc(C)c(SCC(=O)N(C)Cc2cn[nH]c2)c1. The van der Waals surface area contributed by atoms with Crippen LogP contribution in [0.5, 0.6) is 0 Å². The Morgan fingerprint density at radius 3 is 2.90 bits per heavy atom. The molecular formula is C15H19N3OS. The van der Waals surface area contributed by atoms with Gasteiger partial charge in [-0.15, -0.1) is 11.8 Å². The number of benzene rings is 1. The summed E-state index contributed by atoms with van der Waals surface area (Å²) in [6, 6.07) is 6.31. The number of aromatic amines is 1. The van der Waals surface area contributed by atoms with Crippen molar-refractivity contribution in [1.29, 1.82) is 0 Å². The summed E-state index contributed by atoms with van der Waals surface area (Å²) in [6.07, 6.45) is 3.54. The lowest BCUT2D eigenvalue weighted by atomic mass is 10.2. The molecule has 0 aliphatic carbocycles. The first-order valence-electron chi connectivity index (χ1n) is 6.48. The van der Waals surface area contributed by atoms with E-state index in [9.17, 15) is 4.79 Å². The van der Waals surface area contributed by atoms with Gasteiger partial charge < -0.3 is 4.90 Å². The topological polar surface area (TPSA) is 49.0 Å². The van der Waals surface area contributed by atoms with Crippen molar-refractivity contribution in [2.24, 2.45) is 0 Å². The summed E-state index contributed by atoms with van der Waals surface area (Å²) in [6.45, 7) is 4.72. The number of amides is 1. The number of carbonyl (C=O) groups is 1. The fourth-order valence-electron chi connectivity index (χ4n) is 1.84. The second kappa shape index (κ2) is 6.61. The molecule has 0 spiro atoms. The van der Waals surface area contributed by atoms with Crippen LogP contribution in [0, 0.1) is 13.8 Å². The van der Waals surface area contributed by atoms with E-state index in [0.717, 1.165) is 5.56 Å².